The van der Waals surface area contributed by atoms with Gasteiger partial charge in [-0.25, -0.2) is 14.2 Å². The van der Waals surface area contributed by atoms with Crippen LogP contribution in [0, 0.1) is 5.82 Å². The van der Waals surface area contributed by atoms with Gasteiger partial charge in [0.25, 0.3) is 0 Å². The summed E-state index contributed by atoms with van der Waals surface area (Å²) >= 11 is 5.58. The Kier molecular flexibility index (Phi) is 5.29. The van der Waals surface area contributed by atoms with E-state index in [9.17, 15) is 22.4 Å². The number of alkyl halides is 3. The second-order valence-electron chi connectivity index (χ2n) is 6.97. The predicted molar refractivity (Wildman–Crippen MR) is 104 cm³/mol. The minimum Gasteiger partial charge on any atom is -0.341 e. The van der Waals surface area contributed by atoms with Crippen LogP contribution in [0.1, 0.15) is 23.9 Å². The summed E-state index contributed by atoms with van der Waals surface area (Å²) in [6.45, 7) is 0.442. The third-order valence-electron chi connectivity index (χ3n) is 4.79. The fourth-order valence-corrected chi connectivity index (χ4v) is 3.62. The third-order valence-corrected chi connectivity index (χ3v) is 5.12. The quantitative estimate of drug-likeness (QED) is 0.448. The molecule has 1 aliphatic heterocycles. The summed E-state index contributed by atoms with van der Waals surface area (Å²) in [6.07, 6.45) is -4.12. The number of aromatic nitrogens is 2. The van der Waals surface area contributed by atoms with E-state index in [2.05, 4.69) is 25.9 Å². The molecule has 1 aliphatic rings. The van der Waals surface area contributed by atoms with E-state index in [0.717, 1.165) is 12.1 Å². The zero-order valence-electron chi connectivity index (χ0n) is 15.3. The number of imidazole rings is 1. The lowest BCUT2D eigenvalue weighted by Gasteiger charge is -2.15. The van der Waals surface area contributed by atoms with Crippen LogP contribution in [0.15, 0.2) is 36.4 Å². The first-order valence-corrected chi connectivity index (χ1v) is 9.39. The van der Waals surface area contributed by atoms with Crippen LogP contribution in [0.5, 0.6) is 0 Å². The molecule has 1 fully saturated rings. The first-order valence-electron chi connectivity index (χ1n) is 9.02. The van der Waals surface area contributed by atoms with E-state index in [1.165, 1.54) is 18.2 Å². The van der Waals surface area contributed by atoms with Crippen molar-refractivity contribution in [2.45, 2.75) is 24.7 Å². The van der Waals surface area contributed by atoms with Crippen molar-refractivity contribution in [3.8, 4) is 0 Å². The minimum atomic E-state index is -4.62. The number of amides is 2. The first kappa shape index (κ1) is 20.4. The summed E-state index contributed by atoms with van der Waals surface area (Å²) in [5.74, 6) is 0.247. The van der Waals surface area contributed by atoms with Crippen LogP contribution in [0.2, 0.25) is 5.02 Å². The van der Waals surface area contributed by atoms with Crippen LogP contribution in [-0.2, 0) is 6.18 Å². The van der Waals surface area contributed by atoms with Crippen molar-refractivity contribution < 1.29 is 22.4 Å². The number of carbonyl (C=O) groups is 1. The number of nitrogens with one attached hydrogen (secondary N) is 4. The Hall–Kier alpha value is -2.85. The number of hydrogen-bond acceptors (Lipinski definition) is 3. The number of hydrogen-bond donors (Lipinski definition) is 4. The van der Waals surface area contributed by atoms with Crippen molar-refractivity contribution in [2.75, 3.05) is 11.9 Å². The second-order valence-corrected chi connectivity index (χ2v) is 7.38. The SMILES string of the molecule is O=C(Nc1ccc(Cl)c(C(F)(F)F)c1)N[C@@H]1CN[C@H](c2nc3ccc(F)cc3[nH]2)C1. The summed E-state index contributed by atoms with van der Waals surface area (Å²) in [7, 11) is 0. The Morgan fingerprint density at radius 2 is 2.00 bits per heavy atom. The molecule has 2 amide bonds. The molecule has 0 saturated carbocycles. The fourth-order valence-electron chi connectivity index (χ4n) is 3.39. The van der Waals surface area contributed by atoms with E-state index in [1.54, 1.807) is 6.07 Å². The van der Waals surface area contributed by atoms with E-state index in [4.69, 9.17) is 11.6 Å². The van der Waals surface area contributed by atoms with Crippen molar-refractivity contribution in [3.05, 3.63) is 58.6 Å². The van der Waals surface area contributed by atoms with Gasteiger partial charge in [-0.1, -0.05) is 11.6 Å². The molecule has 158 valence electrons. The lowest BCUT2D eigenvalue weighted by molar-refractivity contribution is -0.137. The summed E-state index contributed by atoms with van der Waals surface area (Å²) in [6, 6.07) is 6.32. The highest BCUT2D eigenvalue weighted by Crippen LogP contribution is 2.36. The van der Waals surface area contributed by atoms with Gasteiger partial charge in [0.15, 0.2) is 0 Å². The number of urea groups is 1. The molecule has 0 unspecified atom stereocenters. The molecular weight excluding hydrogens is 426 g/mol. The highest BCUT2D eigenvalue weighted by molar-refractivity contribution is 6.31. The molecule has 0 radical (unpaired) electrons. The molecule has 3 aromatic rings. The van der Waals surface area contributed by atoms with Crippen molar-refractivity contribution in [1.29, 1.82) is 0 Å². The van der Waals surface area contributed by atoms with Crippen molar-refractivity contribution in [1.82, 2.24) is 20.6 Å². The number of benzene rings is 2. The van der Waals surface area contributed by atoms with Crippen LogP contribution in [0.25, 0.3) is 11.0 Å². The lowest BCUT2D eigenvalue weighted by Crippen LogP contribution is -2.39. The standard InChI is InChI=1S/C19H16ClF4N5O/c20-13-3-2-10(6-12(13)19(22,23)24)26-18(30)27-11-7-16(25-8-11)17-28-14-4-1-9(21)5-15(14)29-17/h1-6,11,16,25H,7-8H2,(H,28,29)(H2,26,27,30)/t11-,16-/m0/s1. The number of fused-ring (bicyclic) bond motifs is 1. The molecular formula is C19H16ClF4N5O. The molecule has 6 nitrogen and oxygen atoms in total. The van der Waals surface area contributed by atoms with E-state index < -0.39 is 22.8 Å². The Bertz CT molecular complexity index is 1100. The van der Waals surface area contributed by atoms with Gasteiger partial charge in [-0.3, -0.25) is 0 Å². The van der Waals surface area contributed by atoms with Crippen LogP contribution >= 0.6 is 11.6 Å². The summed E-state index contributed by atoms with van der Waals surface area (Å²) in [5.41, 5.74) is 0.159. The zero-order chi connectivity index (χ0) is 21.5. The number of rotatable bonds is 3. The molecule has 2 heterocycles. The average Bonchev–Trinajstić information content (AvgIpc) is 3.28. The molecule has 30 heavy (non-hydrogen) atoms. The van der Waals surface area contributed by atoms with Crippen LogP contribution in [-0.4, -0.2) is 28.6 Å². The summed E-state index contributed by atoms with van der Waals surface area (Å²) < 4.78 is 52.2. The average molecular weight is 442 g/mol. The van der Waals surface area contributed by atoms with Gasteiger partial charge >= 0.3 is 12.2 Å². The van der Waals surface area contributed by atoms with Gasteiger partial charge in [0.1, 0.15) is 11.6 Å². The van der Waals surface area contributed by atoms with Gasteiger partial charge in [0.05, 0.1) is 27.7 Å². The third kappa shape index (κ3) is 4.34. The van der Waals surface area contributed by atoms with E-state index >= 15 is 0 Å². The largest absolute Gasteiger partial charge is 0.417 e. The van der Waals surface area contributed by atoms with Crippen molar-refractivity contribution >= 4 is 34.4 Å². The molecule has 4 N–H and O–H groups in total. The van der Waals surface area contributed by atoms with E-state index in [1.807, 2.05) is 0 Å². The van der Waals surface area contributed by atoms with E-state index in [-0.39, 0.29) is 23.6 Å². The molecule has 1 saturated heterocycles. The Labute approximate surface area is 173 Å². The predicted octanol–water partition coefficient (Wildman–Crippen LogP) is 4.60. The van der Waals surface area contributed by atoms with Gasteiger partial charge in [-0.15, -0.1) is 0 Å². The zero-order valence-corrected chi connectivity index (χ0v) is 16.0. The number of halogens is 5. The van der Waals surface area contributed by atoms with Gasteiger partial charge in [-0.05, 0) is 42.8 Å². The fraction of sp³-hybridized carbons (Fsp3) is 0.263. The molecule has 0 bridgehead atoms. The summed E-state index contributed by atoms with van der Waals surface area (Å²) in [4.78, 5) is 19.7. The molecule has 2 aromatic carbocycles. The molecule has 4 rings (SSSR count). The van der Waals surface area contributed by atoms with Crippen molar-refractivity contribution in [2.24, 2.45) is 0 Å². The van der Waals surface area contributed by atoms with Gasteiger partial charge in [0, 0.05) is 18.3 Å². The van der Waals surface area contributed by atoms with Crippen LogP contribution < -0.4 is 16.0 Å². The normalized spacial score (nSPS) is 19.2. The minimum absolute atomic E-state index is 0.0222. The van der Waals surface area contributed by atoms with Gasteiger partial charge in [-0.2, -0.15) is 13.2 Å². The lowest BCUT2D eigenvalue weighted by atomic mass is 10.1. The number of aromatic amines is 1. The Morgan fingerprint density at radius 3 is 2.77 bits per heavy atom. The smallest absolute Gasteiger partial charge is 0.341 e. The Morgan fingerprint density at radius 1 is 1.20 bits per heavy atom. The van der Waals surface area contributed by atoms with Gasteiger partial charge < -0.3 is 20.9 Å². The van der Waals surface area contributed by atoms with Crippen molar-refractivity contribution in [3.63, 3.8) is 0 Å². The van der Waals surface area contributed by atoms with Crippen LogP contribution in [0.4, 0.5) is 28.0 Å². The van der Waals surface area contributed by atoms with Crippen LogP contribution in [0.3, 0.4) is 0 Å². The monoisotopic (exact) mass is 441 g/mol. The topological polar surface area (TPSA) is 81.8 Å². The molecule has 0 spiro atoms. The molecule has 0 aliphatic carbocycles. The number of nitrogens with zero attached hydrogens (tertiary/aromatic N) is 1. The van der Waals surface area contributed by atoms with E-state index in [0.29, 0.717) is 29.8 Å². The highest BCUT2D eigenvalue weighted by Gasteiger charge is 2.33. The molecule has 1 aromatic heterocycles. The maximum atomic E-state index is 13.3. The molecule has 2 atom stereocenters. The maximum Gasteiger partial charge on any atom is 0.417 e. The first-order chi connectivity index (χ1) is 14.2. The number of anilines is 1. The number of H-pyrrole nitrogens is 1. The highest BCUT2D eigenvalue weighted by atomic mass is 35.5. The number of carbonyl (C=O) groups excluding carboxylic acids is 1. The summed E-state index contributed by atoms with van der Waals surface area (Å²) in [5, 5.41) is 7.87. The Balaban J connectivity index is 1.38. The second kappa shape index (κ2) is 7.77. The molecule has 11 heteroatoms. The van der Waals surface area contributed by atoms with Gasteiger partial charge in [0.2, 0.25) is 0 Å². The maximum absolute atomic E-state index is 13.3.